The summed E-state index contributed by atoms with van der Waals surface area (Å²) in [7, 11) is 0. The van der Waals surface area contributed by atoms with Gasteiger partial charge in [-0.3, -0.25) is 29.8 Å². The number of aromatic hydroxyl groups is 2. The number of aldehydes is 1. The van der Waals surface area contributed by atoms with Crippen molar-refractivity contribution in [1.29, 1.82) is 0 Å². The van der Waals surface area contributed by atoms with E-state index in [0.29, 0.717) is 28.5 Å². The molecule has 0 atom stereocenters. The lowest BCUT2D eigenvalue weighted by Gasteiger charge is -1.99. The van der Waals surface area contributed by atoms with Crippen molar-refractivity contribution in [2.75, 3.05) is 0 Å². The van der Waals surface area contributed by atoms with E-state index in [4.69, 9.17) is 10.9 Å². The van der Waals surface area contributed by atoms with Crippen LogP contribution in [-0.2, 0) is 0 Å². The summed E-state index contributed by atoms with van der Waals surface area (Å²) in [6.07, 6.45) is 8.07. The number of carbonyl (C=O) groups is 3. The van der Waals surface area contributed by atoms with Crippen LogP contribution < -0.4 is 16.7 Å². The highest BCUT2D eigenvalue weighted by molar-refractivity contribution is 5.94. The summed E-state index contributed by atoms with van der Waals surface area (Å²) in [6.45, 7) is 0. The Hall–Kier alpha value is -5.42. The van der Waals surface area contributed by atoms with Gasteiger partial charge in [-0.2, -0.15) is 5.10 Å². The van der Waals surface area contributed by atoms with Crippen LogP contribution in [0, 0.1) is 0 Å². The predicted molar refractivity (Wildman–Crippen MR) is 137 cm³/mol. The fourth-order valence-electron chi connectivity index (χ4n) is 2.49. The number of nitrogens with one attached hydrogen (secondary N) is 2. The minimum Gasteiger partial charge on any atom is -0.507 e. The number of hydrogen-bond donors (Lipinski definition) is 5. The van der Waals surface area contributed by atoms with Crippen LogP contribution in [0.3, 0.4) is 0 Å². The van der Waals surface area contributed by atoms with Crippen LogP contribution in [0.5, 0.6) is 11.5 Å². The maximum Gasteiger partial charge on any atom is 0.272 e. The number of hydrazone groups is 1. The molecule has 0 saturated carbocycles. The van der Waals surface area contributed by atoms with Gasteiger partial charge in [0, 0.05) is 30.4 Å². The largest absolute Gasteiger partial charge is 0.507 e. The summed E-state index contributed by atoms with van der Waals surface area (Å²) in [4.78, 5) is 40.0. The molecule has 4 rings (SSSR count). The van der Waals surface area contributed by atoms with E-state index in [1.165, 1.54) is 24.7 Å². The SMILES string of the molecule is NNC(=O)c1cccnc1.O=C(N/N=C/c1ccccc1O)c1cccnc1.O=Cc1ccccc1O. The molecule has 11 heteroatoms. The fraction of sp³-hybridized carbons (Fsp3) is 0. The zero-order valence-electron chi connectivity index (χ0n) is 19.4. The van der Waals surface area contributed by atoms with Gasteiger partial charge in [0.15, 0.2) is 6.29 Å². The van der Waals surface area contributed by atoms with E-state index in [9.17, 15) is 19.5 Å². The van der Waals surface area contributed by atoms with Gasteiger partial charge >= 0.3 is 0 Å². The number of carbonyl (C=O) groups excluding carboxylic acids is 3. The number of amides is 2. The number of nitrogens with zero attached hydrogens (tertiary/aromatic N) is 3. The van der Waals surface area contributed by atoms with E-state index >= 15 is 0 Å². The maximum atomic E-state index is 11.6. The topological polar surface area (TPSA) is 180 Å². The van der Waals surface area contributed by atoms with Gasteiger partial charge in [0.2, 0.25) is 0 Å². The van der Waals surface area contributed by atoms with Crippen LogP contribution in [0.2, 0.25) is 0 Å². The molecule has 0 saturated heterocycles. The Morgan fingerprint density at radius 2 is 1.27 bits per heavy atom. The number of aromatic nitrogens is 2. The van der Waals surface area contributed by atoms with Gasteiger partial charge in [0.05, 0.1) is 22.9 Å². The Kier molecular flexibility index (Phi) is 11.6. The first-order valence-electron chi connectivity index (χ1n) is 10.6. The Morgan fingerprint density at radius 3 is 1.70 bits per heavy atom. The molecular weight excluding hydrogens is 476 g/mol. The molecule has 0 bridgehead atoms. The van der Waals surface area contributed by atoms with Crippen molar-refractivity contribution in [2.24, 2.45) is 10.9 Å². The van der Waals surface area contributed by atoms with E-state index in [1.807, 2.05) is 5.43 Å². The number of pyridine rings is 2. The number of phenolic OH excluding ortho intramolecular Hbond substituents is 2. The summed E-state index contributed by atoms with van der Waals surface area (Å²) < 4.78 is 0. The van der Waals surface area contributed by atoms with E-state index < -0.39 is 0 Å². The number of benzene rings is 2. The quantitative estimate of drug-likeness (QED) is 0.0911. The summed E-state index contributed by atoms with van der Waals surface area (Å²) >= 11 is 0. The molecule has 4 aromatic rings. The Balaban J connectivity index is 0.000000214. The van der Waals surface area contributed by atoms with Crippen molar-refractivity contribution in [3.05, 3.63) is 120 Å². The van der Waals surface area contributed by atoms with Crippen molar-refractivity contribution in [1.82, 2.24) is 20.8 Å². The molecule has 2 heterocycles. The molecule has 188 valence electrons. The predicted octanol–water partition coefficient (Wildman–Crippen LogP) is 2.44. The molecule has 2 amide bonds. The van der Waals surface area contributed by atoms with E-state index in [2.05, 4.69) is 20.5 Å². The zero-order valence-corrected chi connectivity index (χ0v) is 19.4. The van der Waals surface area contributed by atoms with Gasteiger partial charge in [-0.25, -0.2) is 11.3 Å². The molecule has 0 spiro atoms. The number of hydrazine groups is 1. The third kappa shape index (κ3) is 9.76. The summed E-state index contributed by atoms with van der Waals surface area (Å²) in [5.74, 6) is 4.34. The lowest BCUT2D eigenvalue weighted by Crippen LogP contribution is -2.29. The van der Waals surface area contributed by atoms with Crippen LogP contribution in [0.25, 0.3) is 0 Å². The standard InChI is InChI=1S/C13H11N3O2.C7H6O2.C6H7N3O/c17-12-6-2-1-4-10(12)9-15-16-13(18)11-5-3-7-14-8-11;8-5-6-3-1-2-4-7(6)9;7-9-6(10)5-2-1-3-8-4-5/h1-9,17H,(H,16,18);1-5,9H;1-4H,7H2,(H,9,10)/b15-9+;;. The highest BCUT2D eigenvalue weighted by Gasteiger charge is 2.03. The number of nitrogens with two attached hydrogens (primary N) is 1. The molecule has 2 aromatic heterocycles. The fourth-order valence-corrected chi connectivity index (χ4v) is 2.49. The number of para-hydroxylation sites is 2. The normalized spacial score (nSPS) is 9.65. The van der Waals surface area contributed by atoms with Crippen LogP contribution in [0.15, 0.2) is 103 Å². The van der Waals surface area contributed by atoms with Crippen LogP contribution in [-0.4, -0.2) is 44.5 Å². The van der Waals surface area contributed by atoms with Crippen molar-refractivity contribution in [3.8, 4) is 11.5 Å². The first-order valence-corrected chi connectivity index (χ1v) is 10.6. The average molecular weight is 501 g/mol. The monoisotopic (exact) mass is 500 g/mol. The smallest absolute Gasteiger partial charge is 0.272 e. The van der Waals surface area contributed by atoms with Crippen LogP contribution >= 0.6 is 0 Å². The van der Waals surface area contributed by atoms with Crippen molar-refractivity contribution < 1.29 is 24.6 Å². The van der Waals surface area contributed by atoms with E-state index in [0.717, 1.165) is 0 Å². The third-order valence-electron chi connectivity index (χ3n) is 4.35. The Morgan fingerprint density at radius 1 is 0.757 bits per heavy atom. The minimum atomic E-state index is -0.352. The molecule has 0 fully saturated rings. The second-order valence-electron chi connectivity index (χ2n) is 6.89. The molecule has 0 aliphatic heterocycles. The van der Waals surface area contributed by atoms with Crippen molar-refractivity contribution in [3.63, 3.8) is 0 Å². The van der Waals surface area contributed by atoms with Gasteiger partial charge in [0.25, 0.3) is 11.8 Å². The molecule has 0 radical (unpaired) electrons. The molecule has 0 aliphatic carbocycles. The summed E-state index contributed by atoms with van der Waals surface area (Å²) in [6, 6.07) is 19.7. The average Bonchev–Trinajstić information content (AvgIpc) is 2.95. The molecule has 2 aromatic carbocycles. The van der Waals surface area contributed by atoms with Crippen LogP contribution in [0.4, 0.5) is 0 Å². The molecule has 37 heavy (non-hydrogen) atoms. The lowest BCUT2D eigenvalue weighted by atomic mass is 10.2. The maximum absolute atomic E-state index is 11.6. The van der Waals surface area contributed by atoms with Gasteiger partial charge < -0.3 is 10.2 Å². The van der Waals surface area contributed by atoms with Gasteiger partial charge in [-0.05, 0) is 48.5 Å². The molecule has 0 unspecified atom stereocenters. The van der Waals surface area contributed by atoms with Gasteiger partial charge in [-0.15, -0.1) is 0 Å². The zero-order chi connectivity index (χ0) is 26.9. The first-order chi connectivity index (χ1) is 18.0. The number of phenols is 2. The van der Waals surface area contributed by atoms with Gasteiger partial charge in [0.1, 0.15) is 11.5 Å². The van der Waals surface area contributed by atoms with Crippen LogP contribution in [0.1, 0.15) is 36.6 Å². The molecule has 11 nitrogen and oxygen atoms in total. The molecule has 6 N–H and O–H groups in total. The summed E-state index contributed by atoms with van der Waals surface area (Å²) in [5.41, 5.74) is 6.10. The minimum absolute atomic E-state index is 0.0347. The third-order valence-corrected chi connectivity index (χ3v) is 4.35. The highest BCUT2D eigenvalue weighted by Crippen LogP contribution is 2.12. The molecular formula is C26H24N6O5. The Labute approximate surface area is 212 Å². The second kappa shape index (κ2) is 15.5. The van der Waals surface area contributed by atoms with Crippen molar-refractivity contribution in [2.45, 2.75) is 0 Å². The van der Waals surface area contributed by atoms with E-state index in [-0.39, 0.29) is 23.3 Å². The lowest BCUT2D eigenvalue weighted by molar-refractivity contribution is 0.0946. The number of hydrogen-bond acceptors (Lipinski definition) is 9. The number of nitrogen functional groups attached to an aromatic ring is 1. The Bertz CT molecular complexity index is 1320. The van der Waals surface area contributed by atoms with Crippen molar-refractivity contribution >= 4 is 24.3 Å². The van der Waals surface area contributed by atoms with Gasteiger partial charge in [-0.1, -0.05) is 24.3 Å². The molecule has 0 aliphatic rings. The van der Waals surface area contributed by atoms with E-state index in [1.54, 1.807) is 79.1 Å². The summed E-state index contributed by atoms with van der Waals surface area (Å²) in [5, 5.41) is 22.1. The highest BCUT2D eigenvalue weighted by atomic mass is 16.3. The first kappa shape index (κ1) is 27.8. The second-order valence-corrected chi connectivity index (χ2v) is 6.89. The number of rotatable bonds is 5.